The van der Waals surface area contributed by atoms with Gasteiger partial charge in [-0.2, -0.15) is 4.99 Å². The van der Waals surface area contributed by atoms with Crippen molar-refractivity contribution in [3.8, 4) is 0 Å². The van der Waals surface area contributed by atoms with Crippen molar-refractivity contribution in [2.75, 3.05) is 0 Å². The summed E-state index contributed by atoms with van der Waals surface area (Å²) in [5, 5.41) is 0. The summed E-state index contributed by atoms with van der Waals surface area (Å²) in [6.07, 6.45) is 1.59. The van der Waals surface area contributed by atoms with E-state index in [4.69, 9.17) is 1.37 Å². The quantitative estimate of drug-likeness (QED) is 0.546. The highest BCUT2D eigenvalue weighted by Gasteiger charge is 2.19. The number of hydrogen-bond donors (Lipinski definition) is 0. The SMILES string of the molecule is [2H]C=C(C)c1cccc(C(C)(C)N=C=O)c1. The number of rotatable bonds is 3. The second-order valence-electron chi connectivity index (χ2n) is 4.03. The lowest BCUT2D eigenvalue weighted by atomic mass is 9.92. The molecule has 0 N–H and O–H groups in total. The second-order valence-corrected chi connectivity index (χ2v) is 4.03. The van der Waals surface area contributed by atoms with Crippen LogP contribution >= 0.6 is 0 Å². The van der Waals surface area contributed by atoms with Gasteiger partial charge in [-0.3, -0.25) is 0 Å². The first-order valence-electron chi connectivity index (χ1n) is 5.34. The molecule has 0 atom stereocenters. The van der Waals surface area contributed by atoms with Crippen molar-refractivity contribution >= 4 is 11.7 Å². The van der Waals surface area contributed by atoms with Crippen LogP contribution in [-0.4, -0.2) is 6.08 Å². The number of isocyanates is 1. The molecule has 0 aromatic heterocycles. The van der Waals surface area contributed by atoms with E-state index in [1.54, 1.807) is 6.08 Å². The minimum Gasteiger partial charge on any atom is -0.211 e. The van der Waals surface area contributed by atoms with Crippen molar-refractivity contribution in [1.29, 1.82) is 0 Å². The Bertz CT molecular complexity index is 457. The van der Waals surface area contributed by atoms with Gasteiger partial charge in [0.25, 0.3) is 0 Å². The van der Waals surface area contributed by atoms with E-state index in [2.05, 4.69) is 4.99 Å². The average molecular weight is 202 g/mol. The Hall–Kier alpha value is -1.66. The van der Waals surface area contributed by atoms with Crippen molar-refractivity contribution in [1.82, 2.24) is 0 Å². The lowest BCUT2D eigenvalue weighted by Crippen LogP contribution is -2.13. The van der Waals surface area contributed by atoms with Crippen LogP contribution in [0.1, 0.15) is 33.3 Å². The number of allylic oxidation sites excluding steroid dienone is 1. The predicted octanol–water partition coefficient (Wildman–Crippen LogP) is 3.29. The first kappa shape index (κ1) is 9.88. The third-order valence-corrected chi connectivity index (χ3v) is 2.35. The Morgan fingerprint density at radius 1 is 1.60 bits per heavy atom. The Kier molecular flexibility index (Phi) is 2.79. The molecule has 0 bridgehead atoms. The first-order valence-corrected chi connectivity index (χ1v) is 4.76. The Morgan fingerprint density at radius 2 is 2.33 bits per heavy atom. The van der Waals surface area contributed by atoms with Crippen LogP contribution in [0, 0.1) is 0 Å². The van der Waals surface area contributed by atoms with Crippen LogP contribution in [0.15, 0.2) is 35.8 Å². The van der Waals surface area contributed by atoms with Gasteiger partial charge in [0.2, 0.25) is 6.08 Å². The van der Waals surface area contributed by atoms with Crippen LogP contribution < -0.4 is 0 Å². The smallest absolute Gasteiger partial charge is 0.211 e. The van der Waals surface area contributed by atoms with Gasteiger partial charge in [-0.1, -0.05) is 30.3 Å². The minimum absolute atomic E-state index is 0.569. The summed E-state index contributed by atoms with van der Waals surface area (Å²) in [5.74, 6) is 0. The molecular formula is C13H15NO. The molecule has 0 heterocycles. The summed E-state index contributed by atoms with van der Waals surface area (Å²) in [5.41, 5.74) is 2.23. The lowest BCUT2D eigenvalue weighted by Gasteiger charge is -2.18. The molecule has 0 aliphatic carbocycles. The van der Waals surface area contributed by atoms with E-state index < -0.39 is 5.54 Å². The molecule has 0 amide bonds. The Labute approximate surface area is 91.8 Å². The number of nitrogens with zero attached hydrogens (tertiary/aromatic N) is 1. The summed E-state index contributed by atoms with van der Waals surface area (Å²) in [6.45, 7) is 6.91. The first-order chi connectivity index (χ1) is 7.51. The molecule has 1 aromatic carbocycles. The van der Waals surface area contributed by atoms with E-state index in [1.165, 1.54) is 6.55 Å². The van der Waals surface area contributed by atoms with E-state index in [9.17, 15) is 4.79 Å². The summed E-state index contributed by atoms with van der Waals surface area (Å²) in [4.78, 5) is 14.1. The van der Waals surface area contributed by atoms with Crippen molar-refractivity contribution in [2.24, 2.45) is 4.99 Å². The molecular weight excluding hydrogens is 186 g/mol. The van der Waals surface area contributed by atoms with Crippen molar-refractivity contribution < 1.29 is 6.17 Å². The molecule has 0 saturated carbocycles. The molecule has 2 nitrogen and oxygen atoms in total. The fraction of sp³-hybridized carbons (Fsp3) is 0.308. The van der Waals surface area contributed by atoms with Crippen LogP contribution in [0.5, 0.6) is 0 Å². The van der Waals surface area contributed by atoms with E-state index in [-0.39, 0.29) is 0 Å². The third kappa shape index (κ3) is 2.64. The maximum absolute atomic E-state index is 10.3. The van der Waals surface area contributed by atoms with Gasteiger partial charge in [-0.05, 0) is 38.0 Å². The third-order valence-electron chi connectivity index (χ3n) is 2.35. The van der Waals surface area contributed by atoms with Crippen molar-refractivity contribution in [2.45, 2.75) is 26.3 Å². The normalized spacial score (nSPS) is 13.0. The number of aliphatic imine (C=N–C) groups is 1. The standard InChI is InChI=1S/C13H15NO/c1-10(2)11-6-5-7-12(8-11)13(3,4)14-9-15/h5-8H,1H2,2-4H3/i1D. The summed E-state index contributed by atoms with van der Waals surface area (Å²) in [7, 11) is 0. The molecule has 0 spiro atoms. The van der Waals surface area contributed by atoms with Gasteiger partial charge < -0.3 is 0 Å². The predicted molar refractivity (Wildman–Crippen MR) is 62.3 cm³/mol. The Morgan fingerprint density at radius 3 is 2.93 bits per heavy atom. The maximum Gasteiger partial charge on any atom is 0.235 e. The highest BCUT2D eigenvalue weighted by Crippen LogP contribution is 2.26. The molecule has 1 aromatic rings. The molecule has 0 fully saturated rings. The molecule has 0 aliphatic rings. The zero-order valence-corrected chi connectivity index (χ0v) is 9.24. The van der Waals surface area contributed by atoms with Crippen molar-refractivity contribution in [3.63, 3.8) is 0 Å². The summed E-state index contributed by atoms with van der Waals surface area (Å²) >= 11 is 0. The Balaban J connectivity index is 3.22. The monoisotopic (exact) mass is 202 g/mol. The number of carbonyl (C=O) groups excluding carboxylic acids is 1. The van der Waals surface area contributed by atoms with Gasteiger partial charge >= 0.3 is 0 Å². The van der Waals surface area contributed by atoms with E-state index >= 15 is 0 Å². The lowest BCUT2D eigenvalue weighted by molar-refractivity contribution is 0.523. The van der Waals surface area contributed by atoms with Gasteiger partial charge in [0.15, 0.2) is 0 Å². The zero-order valence-electron chi connectivity index (χ0n) is 10.2. The van der Waals surface area contributed by atoms with E-state index in [1.807, 2.05) is 45.0 Å². The maximum atomic E-state index is 10.3. The molecule has 1 rings (SSSR count). The molecule has 2 heteroatoms. The summed E-state index contributed by atoms with van der Waals surface area (Å²) in [6, 6.07) is 7.70. The fourth-order valence-corrected chi connectivity index (χ4v) is 1.32. The van der Waals surface area contributed by atoms with E-state index in [0.29, 0.717) is 0 Å². The summed E-state index contributed by atoms with van der Waals surface area (Å²) < 4.78 is 7.21. The number of benzene rings is 1. The van der Waals surface area contributed by atoms with Gasteiger partial charge in [-0.25, -0.2) is 4.79 Å². The molecule has 0 radical (unpaired) electrons. The van der Waals surface area contributed by atoms with Crippen LogP contribution in [0.2, 0.25) is 0 Å². The van der Waals surface area contributed by atoms with Gasteiger partial charge in [0.05, 0.1) is 6.91 Å². The molecule has 15 heavy (non-hydrogen) atoms. The van der Waals surface area contributed by atoms with Crippen LogP contribution in [-0.2, 0) is 10.3 Å². The van der Waals surface area contributed by atoms with Crippen LogP contribution in [0.4, 0.5) is 0 Å². The van der Waals surface area contributed by atoms with Gasteiger partial charge in [0.1, 0.15) is 0 Å². The van der Waals surface area contributed by atoms with Gasteiger partial charge in [0, 0.05) is 0 Å². The number of hydrogen-bond acceptors (Lipinski definition) is 2. The largest absolute Gasteiger partial charge is 0.235 e. The highest BCUT2D eigenvalue weighted by atomic mass is 16.1. The molecule has 78 valence electrons. The average Bonchev–Trinajstić information content (AvgIpc) is 2.28. The fourth-order valence-electron chi connectivity index (χ4n) is 1.32. The van der Waals surface area contributed by atoms with Crippen LogP contribution in [0.25, 0.3) is 5.57 Å². The van der Waals surface area contributed by atoms with Crippen LogP contribution in [0.3, 0.4) is 0 Å². The van der Waals surface area contributed by atoms with Crippen molar-refractivity contribution in [3.05, 3.63) is 41.9 Å². The second kappa shape index (κ2) is 4.24. The minimum atomic E-state index is -0.569. The molecule has 0 saturated heterocycles. The topological polar surface area (TPSA) is 29.4 Å². The zero-order chi connectivity index (χ0) is 12.2. The molecule has 0 unspecified atom stereocenters. The molecule has 0 aliphatic heterocycles. The van der Waals surface area contributed by atoms with E-state index in [0.717, 1.165) is 16.7 Å². The highest BCUT2D eigenvalue weighted by molar-refractivity contribution is 5.62. The van der Waals surface area contributed by atoms with Gasteiger partial charge in [-0.15, -0.1) is 0 Å².